The van der Waals surface area contributed by atoms with Crippen LogP contribution in [0.25, 0.3) is 0 Å². The molecule has 0 aliphatic heterocycles. The van der Waals surface area contributed by atoms with E-state index in [4.69, 9.17) is 0 Å². The third-order valence-corrected chi connectivity index (χ3v) is 3.57. The van der Waals surface area contributed by atoms with Gasteiger partial charge in [-0.3, -0.25) is 0 Å². The molecule has 0 N–H and O–H groups in total. The van der Waals surface area contributed by atoms with Crippen LogP contribution in [0.5, 0.6) is 0 Å². The van der Waals surface area contributed by atoms with Gasteiger partial charge in [-0.05, 0) is 28.8 Å². The minimum Gasteiger partial charge on any atom is -0.217 e. The first kappa shape index (κ1) is 9.84. The van der Waals surface area contributed by atoms with Gasteiger partial charge in [0.1, 0.15) is 0 Å². The highest BCUT2D eigenvalue weighted by Crippen LogP contribution is 2.36. The fraction of sp³-hybridized carbons (Fsp3) is 0.364. The zero-order valence-electron chi connectivity index (χ0n) is 8.78. The van der Waals surface area contributed by atoms with Crippen LogP contribution in [0.15, 0.2) is 35.5 Å². The summed E-state index contributed by atoms with van der Waals surface area (Å²) in [6, 6.07) is 10.9. The van der Waals surface area contributed by atoms with Crippen LogP contribution in [0.2, 0.25) is 0 Å². The van der Waals surface area contributed by atoms with Gasteiger partial charge in [0.25, 0.3) is 0 Å². The molecule has 4 nitrogen and oxygen atoms in total. The normalized spacial score (nSPS) is 15.2. The lowest BCUT2D eigenvalue weighted by Crippen LogP contribution is -1.98. The van der Waals surface area contributed by atoms with Gasteiger partial charge in [0, 0.05) is 5.75 Å². The minimum absolute atomic E-state index is 0.549. The molecule has 1 fully saturated rings. The lowest BCUT2D eigenvalue weighted by atomic mass is 10.2. The van der Waals surface area contributed by atoms with Gasteiger partial charge >= 0.3 is 0 Å². The molecule has 82 valence electrons. The van der Waals surface area contributed by atoms with Crippen LogP contribution in [0, 0.1) is 0 Å². The number of hydrogen-bond acceptors (Lipinski definition) is 4. The third kappa shape index (κ3) is 2.09. The maximum Gasteiger partial charge on any atom is 0.209 e. The van der Waals surface area contributed by atoms with Gasteiger partial charge in [-0.2, -0.15) is 0 Å². The van der Waals surface area contributed by atoms with Gasteiger partial charge in [-0.1, -0.05) is 42.1 Å². The van der Waals surface area contributed by atoms with Gasteiger partial charge in [0.2, 0.25) is 5.16 Å². The number of thioether (sulfide) groups is 1. The Bertz CT molecular complexity index is 464. The molecule has 16 heavy (non-hydrogen) atoms. The highest BCUT2D eigenvalue weighted by atomic mass is 32.2. The fourth-order valence-electron chi connectivity index (χ4n) is 1.55. The predicted molar refractivity (Wildman–Crippen MR) is 62.1 cm³/mol. The first-order chi connectivity index (χ1) is 7.93. The smallest absolute Gasteiger partial charge is 0.209 e. The molecule has 1 heterocycles. The molecule has 1 saturated carbocycles. The van der Waals surface area contributed by atoms with Crippen molar-refractivity contribution in [3.05, 3.63) is 35.9 Å². The fourth-order valence-corrected chi connectivity index (χ4v) is 2.45. The molecule has 3 rings (SSSR count). The first-order valence-corrected chi connectivity index (χ1v) is 6.36. The number of aromatic nitrogens is 4. The predicted octanol–water partition coefficient (Wildman–Crippen LogP) is 2.30. The van der Waals surface area contributed by atoms with Crippen LogP contribution in [-0.2, 0) is 5.75 Å². The molecule has 0 amide bonds. The van der Waals surface area contributed by atoms with E-state index in [2.05, 4.69) is 39.8 Å². The Labute approximate surface area is 98.0 Å². The second kappa shape index (κ2) is 4.25. The Balaban J connectivity index is 1.68. The number of rotatable bonds is 4. The lowest BCUT2D eigenvalue weighted by molar-refractivity contribution is 0.565. The van der Waals surface area contributed by atoms with Crippen LogP contribution in [0.3, 0.4) is 0 Å². The number of nitrogens with zero attached hydrogens (tertiary/aromatic N) is 4. The molecule has 0 atom stereocenters. The maximum atomic E-state index is 4.06. The molecule has 0 unspecified atom stereocenters. The molecule has 1 aromatic carbocycles. The van der Waals surface area contributed by atoms with Crippen molar-refractivity contribution in [3.8, 4) is 0 Å². The molecule has 1 aliphatic rings. The molecule has 0 radical (unpaired) electrons. The Morgan fingerprint density at radius 1 is 1.25 bits per heavy atom. The molecule has 0 spiro atoms. The number of hydrogen-bond donors (Lipinski definition) is 0. The molecule has 0 bridgehead atoms. The average molecular weight is 232 g/mol. The van der Waals surface area contributed by atoms with Crippen LogP contribution < -0.4 is 0 Å². The number of tetrazole rings is 1. The molecule has 1 aliphatic carbocycles. The van der Waals surface area contributed by atoms with Crippen molar-refractivity contribution in [3.63, 3.8) is 0 Å². The van der Waals surface area contributed by atoms with Crippen LogP contribution >= 0.6 is 11.8 Å². The van der Waals surface area contributed by atoms with Gasteiger partial charge in [0.15, 0.2) is 0 Å². The summed E-state index contributed by atoms with van der Waals surface area (Å²) in [5.74, 6) is 0.925. The van der Waals surface area contributed by atoms with Crippen LogP contribution in [0.4, 0.5) is 0 Å². The van der Waals surface area contributed by atoms with Crippen molar-refractivity contribution in [2.75, 3.05) is 0 Å². The van der Waals surface area contributed by atoms with E-state index >= 15 is 0 Å². The van der Waals surface area contributed by atoms with Crippen molar-refractivity contribution in [1.29, 1.82) is 0 Å². The van der Waals surface area contributed by atoms with E-state index in [1.807, 2.05) is 10.7 Å². The Morgan fingerprint density at radius 3 is 2.81 bits per heavy atom. The first-order valence-electron chi connectivity index (χ1n) is 5.38. The molecular weight excluding hydrogens is 220 g/mol. The summed E-state index contributed by atoms with van der Waals surface area (Å²) in [6.45, 7) is 0. The van der Waals surface area contributed by atoms with Gasteiger partial charge in [-0.25, -0.2) is 4.68 Å². The Morgan fingerprint density at radius 2 is 2.06 bits per heavy atom. The monoisotopic (exact) mass is 232 g/mol. The highest BCUT2D eigenvalue weighted by molar-refractivity contribution is 7.98. The van der Waals surface area contributed by atoms with Crippen LogP contribution in [0.1, 0.15) is 24.4 Å². The van der Waals surface area contributed by atoms with Crippen molar-refractivity contribution >= 4 is 11.8 Å². The van der Waals surface area contributed by atoms with Crippen molar-refractivity contribution in [1.82, 2.24) is 20.2 Å². The van der Waals surface area contributed by atoms with Gasteiger partial charge in [0.05, 0.1) is 6.04 Å². The van der Waals surface area contributed by atoms with E-state index in [0.29, 0.717) is 6.04 Å². The third-order valence-electron chi connectivity index (χ3n) is 2.57. The molecule has 1 aromatic heterocycles. The zero-order chi connectivity index (χ0) is 10.8. The van der Waals surface area contributed by atoms with E-state index in [1.54, 1.807) is 11.8 Å². The van der Waals surface area contributed by atoms with E-state index < -0.39 is 0 Å². The summed E-state index contributed by atoms with van der Waals surface area (Å²) in [5.41, 5.74) is 1.30. The van der Waals surface area contributed by atoms with Gasteiger partial charge in [-0.15, -0.1) is 5.10 Å². The number of benzene rings is 1. The van der Waals surface area contributed by atoms with Crippen molar-refractivity contribution < 1.29 is 0 Å². The SMILES string of the molecule is c1ccc(CSc2nnnn2C2CC2)cc1. The summed E-state index contributed by atoms with van der Waals surface area (Å²) in [4.78, 5) is 0. The summed E-state index contributed by atoms with van der Waals surface area (Å²) >= 11 is 1.70. The zero-order valence-corrected chi connectivity index (χ0v) is 9.60. The largest absolute Gasteiger partial charge is 0.217 e. The van der Waals surface area contributed by atoms with E-state index in [9.17, 15) is 0 Å². The topological polar surface area (TPSA) is 43.6 Å². The molecule has 5 heteroatoms. The quantitative estimate of drug-likeness (QED) is 0.759. The maximum absolute atomic E-state index is 4.06. The summed E-state index contributed by atoms with van der Waals surface area (Å²) in [5, 5.41) is 12.8. The molecule has 0 saturated heterocycles. The summed E-state index contributed by atoms with van der Waals surface area (Å²) in [6.07, 6.45) is 2.42. The highest BCUT2D eigenvalue weighted by Gasteiger charge is 2.27. The second-order valence-electron chi connectivity index (χ2n) is 3.91. The minimum atomic E-state index is 0.549. The second-order valence-corrected chi connectivity index (χ2v) is 4.85. The molecular formula is C11H12N4S. The van der Waals surface area contributed by atoms with Crippen molar-refractivity contribution in [2.45, 2.75) is 29.8 Å². The standard InChI is InChI=1S/C11H12N4S/c1-2-4-9(5-3-1)8-16-11-12-13-14-15(11)10-6-7-10/h1-5,10H,6-8H2. The molecule has 2 aromatic rings. The summed E-state index contributed by atoms with van der Waals surface area (Å²) in [7, 11) is 0. The van der Waals surface area contributed by atoms with Gasteiger partial charge < -0.3 is 0 Å². The lowest BCUT2D eigenvalue weighted by Gasteiger charge is -2.01. The summed E-state index contributed by atoms with van der Waals surface area (Å²) < 4.78 is 1.95. The van der Waals surface area contributed by atoms with E-state index in [1.165, 1.54) is 18.4 Å². The van der Waals surface area contributed by atoms with E-state index in [-0.39, 0.29) is 0 Å². The van der Waals surface area contributed by atoms with E-state index in [0.717, 1.165) is 10.9 Å². The average Bonchev–Trinajstić information content (AvgIpc) is 3.07. The van der Waals surface area contributed by atoms with Crippen molar-refractivity contribution in [2.24, 2.45) is 0 Å². The Hall–Kier alpha value is -1.36. The van der Waals surface area contributed by atoms with Crippen LogP contribution in [-0.4, -0.2) is 20.2 Å². The Kier molecular flexibility index (Phi) is 2.61.